The molecule has 3 rings (SSSR count). The van der Waals surface area contributed by atoms with Crippen LogP contribution in [0, 0.1) is 6.92 Å². The van der Waals surface area contributed by atoms with Gasteiger partial charge in [0.2, 0.25) is 5.91 Å². The third kappa shape index (κ3) is 3.55. The highest BCUT2D eigenvalue weighted by atomic mass is 16.1. The Labute approximate surface area is 138 Å². The Morgan fingerprint density at radius 1 is 1.04 bits per heavy atom. The largest absolute Gasteiger partial charge is 0.376 e. The van der Waals surface area contributed by atoms with Crippen molar-refractivity contribution in [1.82, 2.24) is 5.32 Å². The molecule has 2 aromatic rings. The average Bonchev–Trinajstić information content (AvgIpc) is 2.54. The molecule has 3 nitrogen and oxygen atoms in total. The third-order valence-electron chi connectivity index (χ3n) is 4.91. The van der Waals surface area contributed by atoms with E-state index in [-0.39, 0.29) is 11.3 Å². The smallest absolute Gasteiger partial charge is 0.239 e. The van der Waals surface area contributed by atoms with Gasteiger partial charge in [-0.25, -0.2) is 0 Å². The maximum atomic E-state index is 12.2. The lowest BCUT2D eigenvalue weighted by atomic mass is 9.64. The molecule has 0 bridgehead atoms. The van der Waals surface area contributed by atoms with Gasteiger partial charge in [-0.05, 0) is 37.0 Å². The Kier molecular flexibility index (Phi) is 4.65. The van der Waals surface area contributed by atoms with E-state index >= 15 is 0 Å². The second kappa shape index (κ2) is 6.86. The number of benzene rings is 2. The SMILES string of the molecule is Cc1ccccc1NCC(=O)NCC1(c2ccccc2)CCC1. The number of hydrogen-bond acceptors (Lipinski definition) is 2. The fourth-order valence-corrected chi connectivity index (χ4v) is 3.24. The van der Waals surface area contributed by atoms with Gasteiger partial charge in [0.1, 0.15) is 0 Å². The summed E-state index contributed by atoms with van der Waals surface area (Å²) in [6.07, 6.45) is 3.55. The van der Waals surface area contributed by atoms with E-state index in [1.807, 2.05) is 37.3 Å². The van der Waals surface area contributed by atoms with Crippen molar-refractivity contribution in [3.8, 4) is 0 Å². The minimum Gasteiger partial charge on any atom is -0.376 e. The Balaban J connectivity index is 1.53. The lowest BCUT2D eigenvalue weighted by molar-refractivity contribution is -0.119. The van der Waals surface area contributed by atoms with E-state index < -0.39 is 0 Å². The van der Waals surface area contributed by atoms with Crippen LogP contribution in [0.5, 0.6) is 0 Å². The van der Waals surface area contributed by atoms with Gasteiger partial charge in [0, 0.05) is 17.6 Å². The first kappa shape index (κ1) is 15.6. The number of amides is 1. The molecule has 0 aromatic heterocycles. The topological polar surface area (TPSA) is 41.1 Å². The molecule has 0 radical (unpaired) electrons. The fraction of sp³-hybridized carbons (Fsp3) is 0.350. The van der Waals surface area contributed by atoms with Crippen LogP contribution in [0.2, 0.25) is 0 Å². The first-order valence-electron chi connectivity index (χ1n) is 8.31. The van der Waals surface area contributed by atoms with Gasteiger partial charge in [-0.3, -0.25) is 4.79 Å². The molecule has 1 amide bonds. The number of carbonyl (C=O) groups is 1. The second-order valence-corrected chi connectivity index (χ2v) is 6.45. The van der Waals surface area contributed by atoms with Crippen molar-refractivity contribution < 1.29 is 4.79 Å². The van der Waals surface area contributed by atoms with Gasteiger partial charge in [-0.1, -0.05) is 55.0 Å². The molecule has 1 fully saturated rings. The zero-order valence-electron chi connectivity index (χ0n) is 13.6. The molecule has 2 aromatic carbocycles. The maximum absolute atomic E-state index is 12.2. The number of para-hydroxylation sites is 1. The number of carbonyl (C=O) groups excluding carboxylic acids is 1. The predicted octanol–water partition coefficient (Wildman–Crippen LogP) is 3.65. The molecule has 0 saturated heterocycles. The van der Waals surface area contributed by atoms with Gasteiger partial charge in [0.15, 0.2) is 0 Å². The zero-order valence-corrected chi connectivity index (χ0v) is 13.6. The quantitative estimate of drug-likeness (QED) is 0.855. The summed E-state index contributed by atoms with van der Waals surface area (Å²) in [4.78, 5) is 12.2. The monoisotopic (exact) mass is 308 g/mol. The summed E-state index contributed by atoms with van der Waals surface area (Å²) in [6.45, 7) is 3.08. The molecular weight excluding hydrogens is 284 g/mol. The molecule has 0 unspecified atom stereocenters. The molecule has 1 aliphatic carbocycles. The van der Waals surface area contributed by atoms with Crippen LogP contribution in [-0.4, -0.2) is 19.0 Å². The highest BCUT2D eigenvalue weighted by Crippen LogP contribution is 2.43. The molecule has 1 aliphatic rings. The summed E-state index contributed by atoms with van der Waals surface area (Å²) in [6, 6.07) is 18.6. The van der Waals surface area contributed by atoms with Gasteiger partial charge in [-0.2, -0.15) is 0 Å². The van der Waals surface area contributed by atoms with Crippen LogP contribution in [0.15, 0.2) is 54.6 Å². The lowest BCUT2D eigenvalue weighted by Gasteiger charge is -2.42. The molecule has 0 aliphatic heterocycles. The van der Waals surface area contributed by atoms with Crippen molar-refractivity contribution in [3.63, 3.8) is 0 Å². The number of aryl methyl sites for hydroxylation is 1. The number of rotatable bonds is 6. The molecule has 0 atom stereocenters. The maximum Gasteiger partial charge on any atom is 0.239 e. The summed E-state index contributed by atoms with van der Waals surface area (Å²) >= 11 is 0. The van der Waals surface area contributed by atoms with E-state index in [1.165, 1.54) is 12.0 Å². The third-order valence-corrected chi connectivity index (χ3v) is 4.91. The van der Waals surface area contributed by atoms with Crippen molar-refractivity contribution in [1.29, 1.82) is 0 Å². The average molecular weight is 308 g/mol. The number of nitrogens with one attached hydrogen (secondary N) is 2. The van der Waals surface area contributed by atoms with E-state index in [0.29, 0.717) is 6.54 Å². The summed E-state index contributed by atoms with van der Waals surface area (Å²) in [5.74, 6) is 0.0514. The first-order chi connectivity index (χ1) is 11.2. The summed E-state index contributed by atoms with van der Waals surface area (Å²) in [7, 11) is 0. The molecule has 2 N–H and O–H groups in total. The lowest BCUT2D eigenvalue weighted by Crippen LogP contribution is -2.46. The molecular formula is C20H24N2O. The summed E-state index contributed by atoms with van der Waals surface area (Å²) in [5, 5.41) is 6.32. The highest BCUT2D eigenvalue weighted by molar-refractivity contribution is 5.81. The number of anilines is 1. The molecule has 23 heavy (non-hydrogen) atoms. The molecule has 1 saturated carbocycles. The van der Waals surface area contributed by atoms with Gasteiger partial charge in [0.25, 0.3) is 0 Å². The van der Waals surface area contributed by atoms with E-state index in [2.05, 4.69) is 34.9 Å². The highest BCUT2D eigenvalue weighted by Gasteiger charge is 2.38. The van der Waals surface area contributed by atoms with Crippen LogP contribution in [0.4, 0.5) is 5.69 Å². The van der Waals surface area contributed by atoms with Gasteiger partial charge >= 0.3 is 0 Å². The van der Waals surface area contributed by atoms with E-state index in [0.717, 1.165) is 30.6 Å². The number of hydrogen-bond donors (Lipinski definition) is 2. The fourth-order valence-electron chi connectivity index (χ4n) is 3.24. The van der Waals surface area contributed by atoms with E-state index in [1.54, 1.807) is 0 Å². The van der Waals surface area contributed by atoms with Crippen molar-refractivity contribution in [2.75, 3.05) is 18.4 Å². The molecule has 0 heterocycles. The van der Waals surface area contributed by atoms with E-state index in [4.69, 9.17) is 0 Å². The van der Waals surface area contributed by atoms with Crippen LogP contribution in [0.1, 0.15) is 30.4 Å². The molecule has 120 valence electrons. The van der Waals surface area contributed by atoms with Crippen LogP contribution in [0.3, 0.4) is 0 Å². The minimum absolute atomic E-state index is 0.0514. The minimum atomic E-state index is 0.0514. The molecule has 0 spiro atoms. The van der Waals surface area contributed by atoms with Crippen molar-refractivity contribution in [2.24, 2.45) is 0 Å². The Morgan fingerprint density at radius 3 is 2.39 bits per heavy atom. The standard InChI is InChI=1S/C20H24N2O/c1-16-8-5-6-11-18(16)21-14-19(23)22-15-20(12-7-13-20)17-9-3-2-4-10-17/h2-6,8-11,21H,7,12-15H2,1H3,(H,22,23). The first-order valence-corrected chi connectivity index (χ1v) is 8.31. The van der Waals surface area contributed by atoms with Crippen LogP contribution >= 0.6 is 0 Å². The van der Waals surface area contributed by atoms with Crippen molar-refractivity contribution in [2.45, 2.75) is 31.6 Å². The molecule has 3 heteroatoms. The van der Waals surface area contributed by atoms with Crippen LogP contribution in [0.25, 0.3) is 0 Å². The Bertz CT molecular complexity index is 662. The predicted molar refractivity (Wildman–Crippen MR) is 94.6 cm³/mol. The van der Waals surface area contributed by atoms with Gasteiger partial charge in [0.05, 0.1) is 6.54 Å². The van der Waals surface area contributed by atoms with E-state index in [9.17, 15) is 4.79 Å². The summed E-state index contributed by atoms with van der Waals surface area (Å²) in [5.41, 5.74) is 3.65. The Hall–Kier alpha value is -2.29. The van der Waals surface area contributed by atoms with Crippen molar-refractivity contribution >= 4 is 11.6 Å². The Morgan fingerprint density at radius 2 is 1.74 bits per heavy atom. The second-order valence-electron chi connectivity index (χ2n) is 6.45. The van der Waals surface area contributed by atoms with Crippen LogP contribution < -0.4 is 10.6 Å². The van der Waals surface area contributed by atoms with Crippen molar-refractivity contribution in [3.05, 3.63) is 65.7 Å². The zero-order chi connectivity index (χ0) is 16.1. The summed E-state index contributed by atoms with van der Waals surface area (Å²) < 4.78 is 0. The van der Waals surface area contributed by atoms with Gasteiger partial charge < -0.3 is 10.6 Å². The normalized spacial score (nSPS) is 15.5. The van der Waals surface area contributed by atoms with Crippen LogP contribution in [-0.2, 0) is 10.2 Å². The van der Waals surface area contributed by atoms with Gasteiger partial charge in [-0.15, -0.1) is 0 Å².